The Morgan fingerprint density at radius 1 is 1.53 bits per heavy atom. The highest BCUT2D eigenvalue weighted by atomic mass is 16.2. The molecule has 90 valence electrons. The first-order valence-electron chi connectivity index (χ1n) is 5.37. The van der Waals surface area contributed by atoms with Crippen molar-refractivity contribution in [3.05, 3.63) is 18.5 Å². The van der Waals surface area contributed by atoms with Gasteiger partial charge in [-0.05, 0) is 6.07 Å². The zero-order valence-electron chi connectivity index (χ0n) is 9.22. The van der Waals surface area contributed by atoms with Crippen LogP contribution in [0.2, 0.25) is 0 Å². The molecule has 7 nitrogen and oxygen atoms in total. The second-order valence-corrected chi connectivity index (χ2v) is 3.62. The highest BCUT2D eigenvalue weighted by Gasteiger charge is 2.17. The molecular weight excluding hydrogens is 222 g/mol. The molecule has 2 amide bonds. The standard InChI is InChI=1S/C10H13N5O2/c16-9-3-2-8(13-14-9)10(17)11-5-7-15-6-1-4-12-15/h1,4,6H,2-3,5,7H2,(H,11,17)(H,14,16). The van der Waals surface area contributed by atoms with Crippen molar-refractivity contribution in [2.45, 2.75) is 19.4 Å². The lowest BCUT2D eigenvalue weighted by Crippen LogP contribution is -2.38. The van der Waals surface area contributed by atoms with E-state index in [2.05, 4.69) is 20.9 Å². The van der Waals surface area contributed by atoms with Crippen molar-refractivity contribution in [2.24, 2.45) is 5.10 Å². The summed E-state index contributed by atoms with van der Waals surface area (Å²) < 4.78 is 1.73. The quantitative estimate of drug-likeness (QED) is 0.720. The highest BCUT2D eigenvalue weighted by Crippen LogP contribution is 1.99. The molecule has 1 aliphatic rings. The van der Waals surface area contributed by atoms with E-state index in [-0.39, 0.29) is 11.8 Å². The Labute approximate surface area is 97.9 Å². The lowest BCUT2D eigenvalue weighted by atomic mass is 10.1. The average molecular weight is 235 g/mol. The number of amides is 2. The molecule has 0 saturated carbocycles. The Kier molecular flexibility index (Phi) is 3.49. The fourth-order valence-corrected chi connectivity index (χ4v) is 1.46. The molecule has 0 unspecified atom stereocenters. The van der Waals surface area contributed by atoms with E-state index >= 15 is 0 Å². The summed E-state index contributed by atoms with van der Waals surface area (Å²) in [5.74, 6) is -0.393. The van der Waals surface area contributed by atoms with Crippen molar-refractivity contribution in [1.29, 1.82) is 0 Å². The van der Waals surface area contributed by atoms with E-state index in [0.717, 1.165) is 0 Å². The van der Waals surface area contributed by atoms with Gasteiger partial charge in [-0.2, -0.15) is 10.2 Å². The van der Waals surface area contributed by atoms with Crippen LogP contribution in [0.25, 0.3) is 0 Å². The Morgan fingerprint density at radius 3 is 3.06 bits per heavy atom. The maximum atomic E-state index is 11.6. The molecule has 2 rings (SSSR count). The number of nitrogens with one attached hydrogen (secondary N) is 2. The van der Waals surface area contributed by atoms with E-state index in [0.29, 0.717) is 31.6 Å². The lowest BCUT2D eigenvalue weighted by Gasteiger charge is -2.11. The van der Waals surface area contributed by atoms with Gasteiger partial charge in [0.05, 0.1) is 6.54 Å². The Hall–Kier alpha value is -2.18. The number of nitrogens with zero attached hydrogens (tertiary/aromatic N) is 3. The minimum Gasteiger partial charge on any atom is -0.349 e. The van der Waals surface area contributed by atoms with Crippen LogP contribution < -0.4 is 10.7 Å². The first-order valence-corrected chi connectivity index (χ1v) is 5.37. The van der Waals surface area contributed by atoms with Gasteiger partial charge in [-0.3, -0.25) is 14.3 Å². The molecule has 0 spiro atoms. The summed E-state index contributed by atoms with van der Waals surface area (Å²) in [6, 6.07) is 1.82. The SMILES string of the molecule is O=C1CCC(C(=O)NCCn2cccn2)=NN1. The number of hydrogen-bond donors (Lipinski definition) is 2. The van der Waals surface area contributed by atoms with Crippen molar-refractivity contribution >= 4 is 17.5 Å². The first-order chi connectivity index (χ1) is 8.25. The van der Waals surface area contributed by atoms with Gasteiger partial charge in [-0.15, -0.1) is 0 Å². The van der Waals surface area contributed by atoms with E-state index in [9.17, 15) is 9.59 Å². The van der Waals surface area contributed by atoms with Gasteiger partial charge >= 0.3 is 0 Å². The number of hydrazone groups is 1. The van der Waals surface area contributed by atoms with Crippen LogP contribution >= 0.6 is 0 Å². The van der Waals surface area contributed by atoms with Gasteiger partial charge in [0.2, 0.25) is 5.91 Å². The monoisotopic (exact) mass is 235 g/mol. The van der Waals surface area contributed by atoms with Gasteiger partial charge in [-0.25, -0.2) is 5.43 Å². The lowest BCUT2D eigenvalue weighted by molar-refractivity contribution is -0.121. The fraction of sp³-hybridized carbons (Fsp3) is 0.400. The van der Waals surface area contributed by atoms with Crippen molar-refractivity contribution in [3.63, 3.8) is 0 Å². The average Bonchev–Trinajstić information content (AvgIpc) is 2.83. The molecule has 0 aliphatic carbocycles. The third-order valence-corrected chi connectivity index (χ3v) is 2.35. The zero-order valence-corrected chi connectivity index (χ0v) is 9.22. The van der Waals surface area contributed by atoms with Crippen LogP contribution in [-0.2, 0) is 16.1 Å². The summed E-state index contributed by atoms with van der Waals surface area (Å²) >= 11 is 0. The molecular formula is C10H13N5O2. The number of aromatic nitrogens is 2. The van der Waals surface area contributed by atoms with Gasteiger partial charge in [0.1, 0.15) is 5.71 Å². The van der Waals surface area contributed by atoms with Gasteiger partial charge in [0, 0.05) is 31.8 Å². The van der Waals surface area contributed by atoms with Crippen LogP contribution in [0.15, 0.2) is 23.6 Å². The van der Waals surface area contributed by atoms with Crippen molar-refractivity contribution in [1.82, 2.24) is 20.5 Å². The minimum atomic E-state index is -0.239. The first kappa shape index (κ1) is 11.3. The summed E-state index contributed by atoms with van der Waals surface area (Å²) in [5.41, 5.74) is 2.65. The third-order valence-electron chi connectivity index (χ3n) is 2.35. The molecule has 2 heterocycles. The predicted molar refractivity (Wildman–Crippen MR) is 60.0 cm³/mol. The molecule has 2 N–H and O–H groups in total. The number of carbonyl (C=O) groups excluding carboxylic acids is 2. The van der Waals surface area contributed by atoms with E-state index in [1.54, 1.807) is 10.9 Å². The van der Waals surface area contributed by atoms with Crippen molar-refractivity contribution < 1.29 is 9.59 Å². The van der Waals surface area contributed by atoms with Crippen LogP contribution in [0.5, 0.6) is 0 Å². The second kappa shape index (κ2) is 5.24. The van der Waals surface area contributed by atoms with E-state index in [1.807, 2.05) is 12.3 Å². The molecule has 17 heavy (non-hydrogen) atoms. The van der Waals surface area contributed by atoms with Gasteiger partial charge in [0.15, 0.2) is 0 Å². The summed E-state index contributed by atoms with van der Waals surface area (Å²) in [7, 11) is 0. The predicted octanol–water partition coefficient (Wildman–Crippen LogP) is -0.735. The van der Waals surface area contributed by atoms with E-state index in [1.165, 1.54) is 0 Å². The van der Waals surface area contributed by atoms with Gasteiger partial charge in [0.25, 0.3) is 5.91 Å². The van der Waals surface area contributed by atoms with Crippen LogP contribution in [0.4, 0.5) is 0 Å². The molecule has 1 aromatic rings. The molecule has 0 bridgehead atoms. The Morgan fingerprint density at radius 2 is 2.41 bits per heavy atom. The molecule has 7 heteroatoms. The summed E-state index contributed by atoms with van der Waals surface area (Å²) in [5, 5.41) is 10.4. The maximum absolute atomic E-state index is 11.6. The van der Waals surface area contributed by atoms with Crippen molar-refractivity contribution in [3.8, 4) is 0 Å². The highest BCUT2D eigenvalue weighted by molar-refractivity contribution is 6.39. The Bertz CT molecular complexity index is 438. The maximum Gasteiger partial charge on any atom is 0.267 e. The van der Waals surface area contributed by atoms with E-state index < -0.39 is 0 Å². The van der Waals surface area contributed by atoms with Gasteiger partial charge in [-0.1, -0.05) is 0 Å². The second-order valence-electron chi connectivity index (χ2n) is 3.62. The third kappa shape index (κ3) is 3.13. The molecule has 0 radical (unpaired) electrons. The number of carbonyl (C=O) groups is 2. The molecule has 1 aliphatic heterocycles. The molecule has 0 atom stereocenters. The topological polar surface area (TPSA) is 88.4 Å². The van der Waals surface area contributed by atoms with Crippen molar-refractivity contribution in [2.75, 3.05) is 6.54 Å². The largest absolute Gasteiger partial charge is 0.349 e. The van der Waals surface area contributed by atoms with Gasteiger partial charge < -0.3 is 5.32 Å². The number of hydrogen-bond acceptors (Lipinski definition) is 4. The summed E-state index contributed by atoms with van der Waals surface area (Å²) in [6.07, 6.45) is 4.21. The van der Waals surface area contributed by atoms with Crippen LogP contribution in [0, 0.1) is 0 Å². The molecule has 0 saturated heterocycles. The Balaban J connectivity index is 1.76. The van der Waals surface area contributed by atoms with E-state index in [4.69, 9.17) is 0 Å². The minimum absolute atomic E-state index is 0.155. The van der Waals surface area contributed by atoms with Crippen LogP contribution in [0.1, 0.15) is 12.8 Å². The summed E-state index contributed by atoms with van der Waals surface area (Å²) in [6.45, 7) is 1.09. The van der Waals surface area contributed by atoms with Crippen LogP contribution in [0.3, 0.4) is 0 Å². The summed E-state index contributed by atoms with van der Waals surface area (Å²) in [4.78, 5) is 22.4. The van der Waals surface area contributed by atoms with Crippen LogP contribution in [-0.4, -0.2) is 33.9 Å². The molecule has 1 aromatic heterocycles. The fourth-order valence-electron chi connectivity index (χ4n) is 1.46. The normalized spacial score (nSPS) is 15.1. The molecule has 0 fully saturated rings. The zero-order chi connectivity index (χ0) is 12.1. The molecule has 0 aromatic carbocycles. The number of rotatable bonds is 4. The smallest absolute Gasteiger partial charge is 0.267 e.